The maximum atomic E-state index is 11.7. The van der Waals surface area contributed by atoms with Gasteiger partial charge in [0.25, 0.3) is 5.91 Å². The fraction of sp³-hybridized carbons (Fsp3) is 0.444. The van der Waals surface area contributed by atoms with E-state index in [0.717, 1.165) is 0 Å². The summed E-state index contributed by atoms with van der Waals surface area (Å²) in [4.78, 5) is 16.4. The molecule has 82 valence electrons. The van der Waals surface area contributed by atoms with Crippen LogP contribution in [0.1, 0.15) is 29.9 Å². The fourth-order valence-electron chi connectivity index (χ4n) is 0.964. The largest absolute Gasteiger partial charge is 0.391 e. The molecule has 1 aromatic rings. The smallest absolute Gasteiger partial charge is 0.263 e. The molecule has 0 spiro atoms. The Kier molecular flexibility index (Phi) is 3.76. The molecule has 1 rings (SSSR count). The summed E-state index contributed by atoms with van der Waals surface area (Å²) in [6.45, 7) is 3.74. The Labute approximate surface area is 97.9 Å². The van der Waals surface area contributed by atoms with Gasteiger partial charge in [-0.05, 0) is 13.3 Å². The highest BCUT2D eigenvalue weighted by Crippen LogP contribution is 2.13. The molecule has 0 fully saturated rings. The van der Waals surface area contributed by atoms with Gasteiger partial charge in [0.2, 0.25) is 0 Å². The minimum absolute atomic E-state index is 0.186. The van der Waals surface area contributed by atoms with Crippen molar-refractivity contribution in [1.82, 2.24) is 10.3 Å². The molecule has 3 N–H and O–H groups in total. The van der Waals surface area contributed by atoms with Crippen molar-refractivity contribution in [2.75, 3.05) is 0 Å². The first-order valence-electron chi connectivity index (χ1n) is 4.50. The zero-order valence-corrected chi connectivity index (χ0v) is 10.2. The van der Waals surface area contributed by atoms with Crippen LogP contribution in [0.2, 0.25) is 0 Å². The van der Waals surface area contributed by atoms with Crippen LogP contribution in [-0.4, -0.2) is 21.4 Å². The number of aromatic nitrogens is 1. The van der Waals surface area contributed by atoms with E-state index in [1.54, 1.807) is 5.51 Å². The topological polar surface area (TPSA) is 68.0 Å². The standard InChI is InChI=1S/C9H13N3OS2/c1-3-9(2,8(10)14)12-7(13)6-4-11-5-15-6/h4-5H,3H2,1-2H3,(H2,10,14)(H,12,13). The summed E-state index contributed by atoms with van der Waals surface area (Å²) in [6.07, 6.45) is 2.18. The van der Waals surface area contributed by atoms with Gasteiger partial charge in [-0.3, -0.25) is 9.78 Å². The quantitative estimate of drug-likeness (QED) is 0.783. The van der Waals surface area contributed by atoms with Crippen LogP contribution < -0.4 is 11.1 Å². The number of nitrogens with zero attached hydrogens (tertiary/aromatic N) is 1. The molecule has 0 aliphatic rings. The Morgan fingerprint density at radius 2 is 2.47 bits per heavy atom. The van der Waals surface area contributed by atoms with E-state index >= 15 is 0 Å². The molecule has 0 radical (unpaired) electrons. The SMILES string of the molecule is CCC(C)(NC(=O)c1cncs1)C(N)=S. The zero-order chi connectivity index (χ0) is 11.5. The van der Waals surface area contributed by atoms with Crippen molar-refractivity contribution in [3.8, 4) is 0 Å². The summed E-state index contributed by atoms with van der Waals surface area (Å²) < 4.78 is 0. The molecule has 1 atom stereocenters. The number of rotatable bonds is 4. The van der Waals surface area contributed by atoms with Crippen LogP contribution in [0.5, 0.6) is 0 Å². The van der Waals surface area contributed by atoms with Crippen molar-refractivity contribution in [1.29, 1.82) is 0 Å². The Morgan fingerprint density at radius 1 is 1.80 bits per heavy atom. The van der Waals surface area contributed by atoms with Crippen molar-refractivity contribution in [2.45, 2.75) is 25.8 Å². The number of hydrogen-bond acceptors (Lipinski definition) is 4. The first kappa shape index (κ1) is 12.1. The summed E-state index contributed by atoms with van der Waals surface area (Å²) >= 11 is 6.21. The average Bonchev–Trinajstić information content (AvgIpc) is 2.70. The van der Waals surface area contributed by atoms with Crippen LogP contribution in [0.3, 0.4) is 0 Å². The molecular formula is C9H13N3OS2. The first-order valence-corrected chi connectivity index (χ1v) is 5.79. The van der Waals surface area contributed by atoms with Gasteiger partial charge in [0.05, 0.1) is 22.2 Å². The van der Waals surface area contributed by atoms with E-state index in [-0.39, 0.29) is 5.91 Å². The highest BCUT2D eigenvalue weighted by molar-refractivity contribution is 7.80. The molecule has 1 unspecified atom stereocenters. The van der Waals surface area contributed by atoms with E-state index < -0.39 is 5.54 Å². The van der Waals surface area contributed by atoms with Gasteiger partial charge < -0.3 is 11.1 Å². The second-order valence-corrected chi connectivity index (χ2v) is 4.70. The van der Waals surface area contributed by atoms with Crippen LogP contribution in [-0.2, 0) is 0 Å². The van der Waals surface area contributed by atoms with Gasteiger partial charge >= 0.3 is 0 Å². The number of carbonyl (C=O) groups excluding carboxylic acids is 1. The Bertz CT molecular complexity index is 363. The van der Waals surface area contributed by atoms with Crippen LogP contribution in [0.4, 0.5) is 0 Å². The van der Waals surface area contributed by atoms with Crippen LogP contribution in [0.25, 0.3) is 0 Å². The molecule has 0 aliphatic heterocycles. The molecule has 0 aliphatic carbocycles. The average molecular weight is 243 g/mol. The summed E-state index contributed by atoms with van der Waals surface area (Å²) in [7, 11) is 0. The number of nitrogens with two attached hydrogens (primary N) is 1. The molecule has 1 aromatic heterocycles. The lowest BCUT2D eigenvalue weighted by Gasteiger charge is -2.27. The zero-order valence-electron chi connectivity index (χ0n) is 8.61. The molecule has 6 heteroatoms. The van der Waals surface area contributed by atoms with Crippen LogP contribution in [0.15, 0.2) is 11.7 Å². The molecule has 0 bridgehead atoms. The van der Waals surface area contributed by atoms with Gasteiger partial charge in [0, 0.05) is 0 Å². The maximum Gasteiger partial charge on any atom is 0.263 e. The lowest BCUT2D eigenvalue weighted by molar-refractivity contribution is 0.0930. The maximum absolute atomic E-state index is 11.7. The molecule has 0 aromatic carbocycles. The monoisotopic (exact) mass is 243 g/mol. The van der Waals surface area contributed by atoms with Crippen LogP contribution in [0, 0.1) is 0 Å². The van der Waals surface area contributed by atoms with Crippen molar-refractivity contribution < 1.29 is 4.79 Å². The summed E-state index contributed by atoms with van der Waals surface area (Å²) in [5.41, 5.74) is 6.57. The number of amides is 1. The van der Waals surface area contributed by atoms with Gasteiger partial charge in [0.15, 0.2) is 0 Å². The van der Waals surface area contributed by atoms with Crippen LogP contribution >= 0.6 is 23.6 Å². The second-order valence-electron chi connectivity index (χ2n) is 3.37. The Balaban J connectivity index is 2.77. The van der Waals surface area contributed by atoms with Gasteiger partial charge in [-0.15, -0.1) is 11.3 Å². The molecule has 4 nitrogen and oxygen atoms in total. The molecule has 1 amide bonds. The highest BCUT2D eigenvalue weighted by Gasteiger charge is 2.28. The number of carbonyl (C=O) groups is 1. The predicted octanol–water partition coefficient (Wildman–Crippen LogP) is 1.33. The molecular weight excluding hydrogens is 230 g/mol. The van der Waals surface area contributed by atoms with E-state index in [4.69, 9.17) is 18.0 Å². The molecule has 1 heterocycles. The van der Waals surface area contributed by atoms with Gasteiger partial charge in [0.1, 0.15) is 4.88 Å². The van der Waals surface area contributed by atoms with Gasteiger partial charge in [-0.2, -0.15) is 0 Å². The minimum atomic E-state index is -0.629. The third kappa shape index (κ3) is 2.73. The van der Waals surface area contributed by atoms with Gasteiger partial charge in [-0.25, -0.2) is 0 Å². The molecule has 15 heavy (non-hydrogen) atoms. The lowest BCUT2D eigenvalue weighted by Crippen LogP contribution is -2.53. The van der Waals surface area contributed by atoms with E-state index in [1.807, 2.05) is 13.8 Å². The van der Waals surface area contributed by atoms with E-state index in [9.17, 15) is 4.79 Å². The highest BCUT2D eigenvalue weighted by atomic mass is 32.1. The number of hydrogen-bond donors (Lipinski definition) is 2. The third-order valence-corrected chi connectivity index (χ3v) is 3.52. The van der Waals surface area contributed by atoms with E-state index in [1.165, 1.54) is 17.5 Å². The summed E-state index contributed by atoms with van der Waals surface area (Å²) in [5, 5.41) is 2.81. The number of thiocarbonyl (C=S) groups is 1. The second kappa shape index (κ2) is 4.67. The molecule has 0 saturated heterocycles. The Hall–Kier alpha value is -1.01. The third-order valence-electron chi connectivity index (χ3n) is 2.30. The fourth-order valence-corrected chi connectivity index (χ4v) is 1.67. The van der Waals surface area contributed by atoms with Crippen molar-refractivity contribution >= 4 is 34.5 Å². The molecule has 0 saturated carbocycles. The first-order chi connectivity index (χ1) is 6.99. The minimum Gasteiger partial charge on any atom is -0.391 e. The number of nitrogens with one attached hydrogen (secondary N) is 1. The normalized spacial score (nSPS) is 14.3. The van der Waals surface area contributed by atoms with Crippen molar-refractivity contribution in [3.05, 3.63) is 16.6 Å². The van der Waals surface area contributed by atoms with Gasteiger partial charge in [-0.1, -0.05) is 19.1 Å². The lowest BCUT2D eigenvalue weighted by atomic mass is 9.99. The van der Waals surface area contributed by atoms with Crippen molar-refractivity contribution in [2.24, 2.45) is 5.73 Å². The van der Waals surface area contributed by atoms with E-state index in [0.29, 0.717) is 16.3 Å². The summed E-state index contributed by atoms with van der Waals surface area (Å²) in [5.74, 6) is -0.186. The van der Waals surface area contributed by atoms with E-state index in [2.05, 4.69) is 10.3 Å². The Morgan fingerprint density at radius 3 is 2.87 bits per heavy atom. The predicted molar refractivity (Wildman–Crippen MR) is 65.1 cm³/mol. The van der Waals surface area contributed by atoms with Crippen molar-refractivity contribution in [3.63, 3.8) is 0 Å². The number of thiazole rings is 1. The summed E-state index contributed by atoms with van der Waals surface area (Å²) in [6, 6.07) is 0.